The van der Waals surface area contributed by atoms with Gasteiger partial charge in [-0.1, -0.05) is 256 Å². The Kier molecular flexibility index (Phi) is 45.1. The second-order valence-electron chi connectivity index (χ2n) is 20.2. The van der Waals surface area contributed by atoms with Crippen molar-refractivity contribution >= 4 is 5.91 Å². The molecule has 7 N–H and O–H groups in total. The Labute approximate surface area is 417 Å². The standard InChI is InChI=1S/C58H109NO9/c1-3-5-7-9-11-13-15-17-19-20-21-22-23-24-25-26-27-28-29-30-31-33-35-37-39-41-43-45-47-52(62)57(66)59-50(49-67-58-56(65)55(64)54(63)53(48-60)68-58)51(61)46-44-42-40-38-36-34-32-18-16-14-12-10-8-6-4-2/h16,18,36,38,44,46,50-56,58,60-65H,3-15,17,19-35,37,39-43,45,47-49H2,1-2H3,(H,59,66)/b18-16+,38-36+,46-44+. The summed E-state index contributed by atoms with van der Waals surface area (Å²) in [5.41, 5.74) is 0. The molecular weight excluding hydrogens is 855 g/mol. The minimum absolute atomic E-state index is 0.304. The van der Waals surface area contributed by atoms with Crippen molar-refractivity contribution in [2.24, 2.45) is 0 Å². The van der Waals surface area contributed by atoms with E-state index >= 15 is 0 Å². The first kappa shape index (κ1) is 64.4. The summed E-state index contributed by atoms with van der Waals surface area (Å²) in [7, 11) is 0. The number of amides is 1. The molecule has 68 heavy (non-hydrogen) atoms. The third kappa shape index (κ3) is 36.3. The first-order valence-corrected chi connectivity index (χ1v) is 28.8. The molecule has 1 saturated heterocycles. The zero-order chi connectivity index (χ0) is 49.6. The van der Waals surface area contributed by atoms with Crippen LogP contribution in [0.4, 0.5) is 0 Å². The first-order valence-electron chi connectivity index (χ1n) is 28.8. The third-order valence-corrected chi connectivity index (χ3v) is 13.8. The van der Waals surface area contributed by atoms with Gasteiger partial charge in [-0.2, -0.15) is 0 Å². The Morgan fingerprint density at radius 1 is 0.500 bits per heavy atom. The Morgan fingerprint density at radius 2 is 0.868 bits per heavy atom. The van der Waals surface area contributed by atoms with E-state index in [0.717, 1.165) is 44.9 Å². The quantitative estimate of drug-likeness (QED) is 0.0232. The van der Waals surface area contributed by atoms with E-state index < -0.39 is 61.5 Å². The van der Waals surface area contributed by atoms with Gasteiger partial charge >= 0.3 is 0 Å². The van der Waals surface area contributed by atoms with E-state index in [-0.39, 0.29) is 6.61 Å². The molecule has 10 nitrogen and oxygen atoms in total. The molecule has 0 aromatic rings. The van der Waals surface area contributed by atoms with Gasteiger partial charge in [-0.15, -0.1) is 0 Å². The molecular formula is C58H109NO9. The number of hydrogen-bond acceptors (Lipinski definition) is 9. The fourth-order valence-corrected chi connectivity index (χ4v) is 9.14. The topological polar surface area (TPSA) is 169 Å². The van der Waals surface area contributed by atoms with Gasteiger partial charge in [-0.05, 0) is 44.9 Å². The molecule has 1 heterocycles. The summed E-state index contributed by atoms with van der Waals surface area (Å²) in [5.74, 6) is -0.627. The lowest BCUT2D eigenvalue weighted by Gasteiger charge is -2.40. The van der Waals surface area contributed by atoms with Crippen LogP contribution in [0.3, 0.4) is 0 Å². The lowest BCUT2D eigenvalue weighted by Crippen LogP contribution is -2.60. The molecule has 0 saturated carbocycles. The van der Waals surface area contributed by atoms with Crippen molar-refractivity contribution in [3.63, 3.8) is 0 Å². The van der Waals surface area contributed by atoms with Crippen molar-refractivity contribution in [2.75, 3.05) is 13.2 Å². The number of ether oxygens (including phenoxy) is 2. The molecule has 400 valence electrons. The van der Waals surface area contributed by atoms with Crippen LogP contribution in [0.25, 0.3) is 0 Å². The lowest BCUT2D eigenvalue weighted by atomic mass is 9.99. The van der Waals surface area contributed by atoms with E-state index in [0.29, 0.717) is 19.3 Å². The average molecular weight is 965 g/mol. The van der Waals surface area contributed by atoms with Gasteiger partial charge in [0.25, 0.3) is 0 Å². The Hall–Kier alpha value is -1.63. The predicted molar refractivity (Wildman–Crippen MR) is 282 cm³/mol. The molecule has 0 aromatic heterocycles. The summed E-state index contributed by atoms with van der Waals surface area (Å²) in [5, 5.41) is 64.9. The highest BCUT2D eigenvalue weighted by Gasteiger charge is 2.44. The van der Waals surface area contributed by atoms with Crippen molar-refractivity contribution in [2.45, 2.75) is 313 Å². The van der Waals surface area contributed by atoms with Crippen LogP contribution in [0, 0.1) is 0 Å². The third-order valence-electron chi connectivity index (χ3n) is 13.8. The van der Waals surface area contributed by atoms with Gasteiger partial charge in [0.15, 0.2) is 6.29 Å². The van der Waals surface area contributed by atoms with Crippen molar-refractivity contribution in [1.29, 1.82) is 0 Å². The monoisotopic (exact) mass is 964 g/mol. The van der Waals surface area contributed by atoms with Gasteiger partial charge in [0.05, 0.1) is 25.4 Å². The highest BCUT2D eigenvalue weighted by molar-refractivity contribution is 5.80. The molecule has 1 aliphatic rings. The molecule has 0 spiro atoms. The van der Waals surface area contributed by atoms with Gasteiger partial charge in [0, 0.05) is 0 Å². The molecule has 10 heteroatoms. The lowest BCUT2D eigenvalue weighted by molar-refractivity contribution is -0.302. The minimum Gasteiger partial charge on any atom is -0.394 e. The number of hydrogen-bond donors (Lipinski definition) is 7. The van der Waals surface area contributed by atoms with E-state index in [1.807, 2.05) is 6.08 Å². The van der Waals surface area contributed by atoms with Crippen LogP contribution in [-0.4, -0.2) is 98.7 Å². The molecule has 0 radical (unpaired) electrons. The molecule has 1 amide bonds. The highest BCUT2D eigenvalue weighted by atomic mass is 16.7. The molecule has 1 aliphatic heterocycles. The molecule has 8 atom stereocenters. The number of aliphatic hydroxyl groups excluding tert-OH is 6. The van der Waals surface area contributed by atoms with Crippen molar-refractivity contribution in [1.82, 2.24) is 5.32 Å². The van der Waals surface area contributed by atoms with Crippen LogP contribution in [-0.2, 0) is 14.3 Å². The molecule has 0 aromatic carbocycles. The maximum atomic E-state index is 13.1. The number of carbonyl (C=O) groups excluding carboxylic acids is 1. The van der Waals surface area contributed by atoms with Crippen LogP contribution in [0.2, 0.25) is 0 Å². The van der Waals surface area contributed by atoms with E-state index in [2.05, 4.69) is 43.5 Å². The van der Waals surface area contributed by atoms with Gasteiger partial charge < -0.3 is 45.4 Å². The van der Waals surface area contributed by atoms with Crippen LogP contribution >= 0.6 is 0 Å². The summed E-state index contributed by atoms with van der Waals surface area (Å²) in [4.78, 5) is 13.1. The van der Waals surface area contributed by atoms with Crippen LogP contribution in [0.15, 0.2) is 36.5 Å². The fraction of sp³-hybridized carbons (Fsp3) is 0.879. The average Bonchev–Trinajstić information content (AvgIpc) is 3.34. The van der Waals surface area contributed by atoms with Crippen molar-refractivity contribution in [3.05, 3.63) is 36.5 Å². The zero-order valence-electron chi connectivity index (χ0n) is 44.0. The van der Waals surface area contributed by atoms with E-state index in [1.54, 1.807) is 6.08 Å². The fourth-order valence-electron chi connectivity index (χ4n) is 9.14. The van der Waals surface area contributed by atoms with E-state index in [9.17, 15) is 35.4 Å². The first-order chi connectivity index (χ1) is 33.3. The molecule has 0 bridgehead atoms. The van der Waals surface area contributed by atoms with E-state index in [1.165, 1.54) is 186 Å². The van der Waals surface area contributed by atoms with Crippen molar-refractivity contribution < 1.29 is 44.9 Å². The van der Waals surface area contributed by atoms with Gasteiger partial charge in [0.1, 0.15) is 30.5 Å². The van der Waals surface area contributed by atoms with Crippen LogP contribution in [0.1, 0.15) is 264 Å². The zero-order valence-corrected chi connectivity index (χ0v) is 44.0. The highest BCUT2D eigenvalue weighted by Crippen LogP contribution is 2.23. The van der Waals surface area contributed by atoms with E-state index in [4.69, 9.17) is 9.47 Å². The van der Waals surface area contributed by atoms with Gasteiger partial charge in [-0.25, -0.2) is 0 Å². The number of nitrogens with one attached hydrogen (secondary N) is 1. The summed E-state index contributed by atoms with van der Waals surface area (Å²) < 4.78 is 11.2. The number of aliphatic hydroxyl groups is 6. The maximum Gasteiger partial charge on any atom is 0.249 e. The Morgan fingerprint density at radius 3 is 1.28 bits per heavy atom. The van der Waals surface area contributed by atoms with Crippen molar-refractivity contribution in [3.8, 4) is 0 Å². The molecule has 1 fully saturated rings. The Bertz CT molecular complexity index is 1180. The molecule has 8 unspecified atom stereocenters. The normalized spacial score (nSPS) is 20.3. The van der Waals surface area contributed by atoms with Crippen LogP contribution in [0.5, 0.6) is 0 Å². The second-order valence-corrected chi connectivity index (χ2v) is 20.2. The van der Waals surface area contributed by atoms with Crippen LogP contribution < -0.4 is 5.32 Å². The largest absolute Gasteiger partial charge is 0.394 e. The minimum atomic E-state index is -1.62. The summed E-state index contributed by atoms with van der Waals surface area (Å²) in [6.07, 6.45) is 51.2. The number of unbranched alkanes of at least 4 members (excludes halogenated alkanes) is 34. The number of allylic oxidation sites excluding steroid dienone is 5. The SMILES string of the molecule is CCCCCCC/C=C/CC/C=C/CC/C=C/C(O)C(COC1OC(CO)C(O)C(O)C1O)NC(=O)C(O)CCCCCCCCCCCCCCCCCCCCCCCCCCCCCC. The molecule has 0 aliphatic carbocycles. The van der Waals surface area contributed by atoms with Gasteiger partial charge in [0.2, 0.25) is 5.91 Å². The summed E-state index contributed by atoms with van der Waals surface area (Å²) in [6.45, 7) is 3.60. The number of rotatable bonds is 49. The predicted octanol–water partition coefficient (Wildman–Crippen LogP) is 12.9. The smallest absolute Gasteiger partial charge is 0.249 e. The van der Waals surface area contributed by atoms with Gasteiger partial charge in [-0.3, -0.25) is 4.79 Å². The molecule has 1 rings (SSSR count). The summed E-state index contributed by atoms with van der Waals surface area (Å²) >= 11 is 0. The number of carbonyl (C=O) groups is 1. The maximum absolute atomic E-state index is 13.1. The second kappa shape index (κ2) is 47.7. The summed E-state index contributed by atoms with van der Waals surface area (Å²) in [6, 6.07) is -1.00. The Balaban J connectivity index is 2.23.